The third-order valence-electron chi connectivity index (χ3n) is 3.59. The van der Waals surface area contributed by atoms with Gasteiger partial charge in [-0.2, -0.15) is 5.10 Å². The fourth-order valence-electron chi connectivity index (χ4n) is 2.60. The molecule has 3 N–H and O–H groups in total. The van der Waals surface area contributed by atoms with Gasteiger partial charge in [-0.25, -0.2) is 14.3 Å². The van der Waals surface area contributed by atoms with Gasteiger partial charge in [0.2, 0.25) is 4.96 Å². The van der Waals surface area contributed by atoms with Gasteiger partial charge in [0.25, 0.3) is 5.91 Å². The van der Waals surface area contributed by atoms with Crippen LogP contribution in [0.3, 0.4) is 0 Å². The Kier molecular flexibility index (Phi) is 4.03. The highest BCUT2D eigenvalue weighted by molar-refractivity contribution is 7.16. The minimum Gasteiger partial charge on any atom is -0.352 e. The first kappa shape index (κ1) is 15.5. The lowest BCUT2D eigenvalue weighted by Gasteiger charge is -2.25. The standard InChI is InChI=1S/C14H18N6O2S/c1-7-11(8(2)17-13(22)16-7)12(21)15-5-4-10-6-20-14(18-10)23-9(3)19-20/h6-7H,4-5H2,1-3H3,(H,15,21)(H2,16,17,22)/t7-/m0/s1. The highest BCUT2D eigenvalue weighted by Crippen LogP contribution is 2.14. The minimum absolute atomic E-state index is 0.183. The first-order valence-corrected chi connectivity index (χ1v) is 8.14. The number of imidazole rings is 1. The number of hydrogen-bond donors (Lipinski definition) is 3. The van der Waals surface area contributed by atoms with Crippen molar-refractivity contribution in [3.05, 3.63) is 28.2 Å². The van der Waals surface area contributed by atoms with Crippen LogP contribution in [0.5, 0.6) is 0 Å². The van der Waals surface area contributed by atoms with Crippen LogP contribution in [0, 0.1) is 6.92 Å². The number of nitrogens with one attached hydrogen (secondary N) is 3. The summed E-state index contributed by atoms with van der Waals surface area (Å²) in [5, 5.41) is 13.4. The Labute approximate surface area is 137 Å². The summed E-state index contributed by atoms with van der Waals surface area (Å²) >= 11 is 1.53. The second kappa shape index (κ2) is 5.99. The molecule has 0 unspecified atom stereocenters. The number of fused-ring (bicyclic) bond motifs is 1. The normalized spacial score (nSPS) is 18.0. The average molecular weight is 334 g/mol. The van der Waals surface area contributed by atoms with Gasteiger partial charge < -0.3 is 16.0 Å². The van der Waals surface area contributed by atoms with Crippen LogP contribution in [-0.2, 0) is 11.2 Å². The van der Waals surface area contributed by atoms with Gasteiger partial charge in [-0.1, -0.05) is 11.3 Å². The molecular weight excluding hydrogens is 316 g/mol. The molecule has 0 radical (unpaired) electrons. The van der Waals surface area contributed by atoms with Gasteiger partial charge in [-0.15, -0.1) is 0 Å². The highest BCUT2D eigenvalue weighted by atomic mass is 32.1. The number of nitrogens with zero attached hydrogens (tertiary/aromatic N) is 3. The molecule has 3 amide bonds. The lowest BCUT2D eigenvalue weighted by atomic mass is 10.0. The molecule has 9 heteroatoms. The van der Waals surface area contributed by atoms with Crippen LogP contribution in [0.1, 0.15) is 24.5 Å². The molecule has 0 saturated heterocycles. The summed E-state index contributed by atoms with van der Waals surface area (Å²) in [7, 11) is 0. The van der Waals surface area contributed by atoms with Crippen LogP contribution in [0.15, 0.2) is 17.5 Å². The van der Waals surface area contributed by atoms with Crippen molar-refractivity contribution >= 4 is 28.2 Å². The van der Waals surface area contributed by atoms with Gasteiger partial charge in [0, 0.05) is 18.7 Å². The van der Waals surface area contributed by atoms with E-state index in [1.807, 2.05) is 13.1 Å². The highest BCUT2D eigenvalue weighted by Gasteiger charge is 2.26. The zero-order chi connectivity index (χ0) is 16.6. The Morgan fingerprint density at radius 2 is 2.26 bits per heavy atom. The molecule has 0 fully saturated rings. The summed E-state index contributed by atoms with van der Waals surface area (Å²) in [6.07, 6.45) is 2.50. The molecule has 0 saturated carbocycles. The number of urea groups is 1. The Morgan fingerprint density at radius 3 is 2.96 bits per heavy atom. The van der Waals surface area contributed by atoms with Gasteiger partial charge in [-0.3, -0.25) is 4.79 Å². The third-order valence-corrected chi connectivity index (χ3v) is 4.43. The van der Waals surface area contributed by atoms with Gasteiger partial charge in [0.1, 0.15) is 5.01 Å². The number of allylic oxidation sites excluding steroid dienone is 1. The summed E-state index contributed by atoms with van der Waals surface area (Å²) in [5.41, 5.74) is 2.02. The first-order valence-electron chi connectivity index (χ1n) is 7.32. The Hall–Kier alpha value is -2.42. The van der Waals surface area contributed by atoms with E-state index in [-0.39, 0.29) is 18.0 Å². The van der Waals surface area contributed by atoms with E-state index in [4.69, 9.17) is 0 Å². The van der Waals surface area contributed by atoms with E-state index in [0.717, 1.165) is 15.7 Å². The molecule has 8 nitrogen and oxygen atoms in total. The number of aryl methyl sites for hydroxylation is 1. The maximum absolute atomic E-state index is 12.3. The molecule has 3 rings (SSSR count). The summed E-state index contributed by atoms with van der Waals surface area (Å²) in [4.78, 5) is 28.9. The molecule has 1 aliphatic rings. The van der Waals surface area contributed by atoms with E-state index in [1.165, 1.54) is 11.3 Å². The van der Waals surface area contributed by atoms with E-state index in [9.17, 15) is 9.59 Å². The maximum atomic E-state index is 12.3. The van der Waals surface area contributed by atoms with Crippen molar-refractivity contribution in [2.24, 2.45) is 0 Å². The Morgan fingerprint density at radius 1 is 1.48 bits per heavy atom. The molecule has 0 spiro atoms. The SMILES string of the molecule is CC1=C(C(=O)NCCc2cn3nc(C)sc3n2)[C@H](C)NC(=O)N1. The molecule has 0 bridgehead atoms. The predicted molar refractivity (Wildman–Crippen MR) is 86.1 cm³/mol. The van der Waals surface area contributed by atoms with Crippen LogP contribution >= 0.6 is 11.3 Å². The van der Waals surface area contributed by atoms with Gasteiger partial charge in [0.05, 0.1) is 23.5 Å². The first-order chi connectivity index (χ1) is 10.9. The number of aromatic nitrogens is 3. The van der Waals surface area contributed by atoms with Crippen LogP contribution in [-0.4, -0.2) is 39.1 Å². The fourth-order valence-corrected chi connectivity index (χ4v) is 3.34. The van der Waals surface area contributed by atoms with Crippen molar-refractivity contribution in [1.29, 1.82) is 0 Å². The van der Waals surface area contributed by atoms with Crippen molar-refractivity contribution in [2.75, 3.05) is 6.54 Å². The minimum atomic E-state index is -0.311. The zero-order valence-corrected chi connectivity index (χ0v) is 14.0. The summed E-state index contributed by atoms with van der Waals surface area (Å²) in [6, 6.07) is -0.596. The van der Waals surface area contributed by atoms with E-state index in [2.05, 4.69) is 26.0 Å². The van der Waals surface area contributed by atoms with Crippen LogP contribution in [0.25, 0.3) is 4.96 Å². The van der Waals surface area contributed by atoms with Gasteiger partial charge in [0.15, 0.2) is 0 Å². The molecule has 3 heterocycles. The number of rotatable bonds is 4. The lowest BCUT2D eigenvalue weighted by Crippen LogP contribution is -2.50. The second-order valence-electron chi connectivity index (χ2n) is 5.45. The van der Waals surface area contributed by atoms with E-state index >= 15 is 0 Å². The quantitative estimate of drug-likeness (QED) is 0.767. The Balaban J connectivity index is 1.59. The van der Waals surface area contributed by atoms with E-state index in [0.29, 0.717) is 24.2 Å². The number of carbonyl (C=O) groups excluding carboxylic acids is 2. The molecule has 2 aromatic heterocycles. The van der Waals surface area contributed by atoms with Crippen LogP contribution in [0.2, 0.25) is 0 Å². The number of carbonyl (C=O) groups is 2. The largest absolute Gasteiger partial charge is 0.352 e. The molecule has 23 heavy (non-hydrogen) atoms. The smallest absolute Gasteiger partial charge is 0.319 e. The fraction of sp³-hybridized carbons (Fsp3) is 0.429. The zero-order valence-electron chi connectivity index (χ0n) is 13.1. The lowest BCUT2D eigenvalue weighted by molar-refractivity contribution is -0.117. The van der Waals surface area contributed by atoms with Crippen molar-refractivity contribution in [3.8, 4) is 0 Å². The van der Waals surface area contributed by atoms with Crippen LogP contribution in [0.4, 0.5) is 4.79 Å². The monoisotopic (exact) mass is 334 g/mol. The molecule has 1 aliphatic heterocycles. The van der Waals surface area contributed by atoms with E-state index in [1.54, 1.807) is 18.4 Å². The van der Waals surface area contributed by atoms with Crippen molar-refractivity contribution < 1.29 is 9.59 Å². The predicted octanol–water partition coefficient (Wildman–Crippen LogP) is 0.733. The maximum Gasteiger partial charge on any atom is 0.319 e. The van der Waals surface area contributed by atoms with E-state index < -0.39 is 0 Å². The van der Waals surface area contributed by atoms with Crippen molar-refractivity contribution in [2.45, 2.75) is 33.2 Å². The topological polar surface area (TPSA) is 100 Å². The molecule has 0 aliphatic carbocycles. The van der Waals surface area contributed by atoms with Crippen LogP contribution < -0.4 is 16.0 Å². The molecule has 0 aromatic carbocycles. The molecule has 1 atom stereocenters. The Bertz CT molecular complexity index is 774. The van der Waals surface area contributed by atoms with Crippen molar-refractivity contribution in [1.82, 2.24) is 30.5 Å². The number of hydrogen-bond acceptors (Lipinski definition) is 5. The summed E-state index contributed by atoms with van der Waals surface area (Å²) < 4.78 is 1.76. The molecular formula is C14H18N6O2S. The number of amides is 3. The molecule has 122 valence electrons. The molecule has 2 aromatic rings. The van der Waals surface area contributed by atoms with Gasteiger partial charge in [-0.05, 0) is 20.8 Å². The summed E-state index contributed by atoms with van der Waals surface area (Å²) in [6.45, 7) is 5.92. The average Bonchev–Trinajstić information content (AvgIpc) is 2.94. The van der Waals surface area contributed by atoms with Gasteiger partial charge >= 0.3 is 6.03 Å². The summed E-state index contributed by atoms with van der Waals surface area (Å²) in [5.74, 6) is -0.183. The third kappa shape index (κ3) is 3.19. The second-order valence-corrected chi connectivity index (χ2v) is 6.61. The van der Waals surface area contributed by atoms with Crippen molar-refractivity contribution in [3.63, 3.8) is 0 Å².